The summed E-state index contributed by atoms with van der Waals surface area (Å²) in [7, 11) is 1.67. The highest BCUT2D eigenvalue weighted by atomic mass is 16.5. The van der Waals surface area contributed by atoms with Gasteiger partial charge in [-0.05, 0) is 42.0 Å². The molecular formula is C17H22N2O2. The third kappa shape index (κ3) is 2.75. The summed E-state index contributed by atoms with van der Waals surface area (Å²) in [5.74, 6) is 1.24. The van der Waals surface area contributed by atoms with Gasteiger partial charge < -0.3 is 15.0 Å². The van der Waals surface area contributed by atoms with Gasteiger partial charge >= 0.3 is 0 Å². The van der Waals surface area contributed by atoms with Gasteiger partial charge in [0, 0.05) is 29.6 Å². The van der Waals surface area contributed by atoms with Gasteiger partial charge in [0.2, 0.25) is 5.91 Å². The molecule has 21 heavy (non-hydrogen) atoms. The number of aromatic nitrogens is 1. The van der Waals surface area contributed by atoms with Crippen LogP contribution in [-0.2, 0) is 11.2 Å². The maximum Gasteiger partial charge on any atom is 0.223 e. The number of methoxy groups -OCH3 is 1. The summed E-state index contributed by atoms with van der Waals surface area (Å²) in [5, 5.41) is 4.21. The van der Waals surface area contributed by atoms with Crippen LogP contribution in [0.25, 0.3) is 10.9 Å². The minimum atomic E-state index is 0.192. The number of hydrogen-bond donors (Lipinski definition) is 2. The number of nitrogens with one attached hydrogen (secondary N) is 2. The maximum absolute atomic E-state index is 12.0. The van der Waals surface area contributed by atoms with Crippen molar-refractivity contribution in [1.82, 2.24) is 10.3 Å². The molecule has 112 valence electrons. The highest BCUT2D eigenvalue weighted by Crippen LogP contribution is 2.51. The van der Waals surface area contributed by atoms with Gasteiger partial charge in [-0.3, -0.25) is 4.79 Å². The van der Waals surface area contributed by atoms with Crippen molar-refractivity contribution in [2.24, 2.45) is 11.3 Å². The molecule has 3 rings (SSSR count). The number of rotatable bonds is 5. The number of carbonyl (C=O) groups is 1. The van der Waals surface area contributed by atoms with Crippen LogP contribution < -0.4 is 10.1 Å². The summed E-state index contributed by atoms with van der Waals surface area (Å²) in [6.07, 6.45) is 3.84. The van der Waals surface area contributed by atoms with E-state index in [-0.39, 0.29) is 17.2 Å². The third-order valence-electron chi connectivity index (χ3n) is 4.50. The molecule has 0 radical (unpaired) electrons. The Hall–Kier alpha value is -1.97. The van der Waals surface area contributed by atoms with Crippen molar-refractivity contribution >= 4 is 16.8 Å². The van der Waals surface area contributed by atoms with Gasteiger partial charge in [0.05, 0.1) is 7.11 Å². The molecule has 1 saturated carbocycles. The molecule has 2 aromatic rings. The van der Waals surface area contributed by atoms with E-state index in [2.05, 4.69) is 24.1 Å². The molecule has 1 atom stereocenters. The molecule has 4 nitrogen and oxygen atoms in total. The zero-order valence-corrected chi connectivity index (χ0v) is 12.8. The Balaban J connectivity index is 1.62. The van der Waals surface area contributed by atoms with Crippen LogP contribution in [0.2, 0.25) is 0 Å². The number of H-pyrrole nitrogens is 1. The molecular weight excluding hydrogens is 264 g/mol. The van der Waals surface area contributed by atoms with Crippen LogP contribution in [0.5, 0.6) is 5.75 Å². The molecule has 1 heterocycles. The Kier molecular flexibility index (Phi) is 3.40. The first-order valence-corrected chi connectivity index (χ1v) is 7.43. The van der Waals surface area contributed by atoms with Crippen molar-refractivity contribution in [2.45, 2.75) is 26.7 Å². The fourth-order valence-corrected chi connectivity index (χ4v) is 2.85. The normalized spacial score (nSPS) is 19.5. The molecule has 0 aliphatic heterocycles. The smallest absolute Gasteiger partial charge is 0.223 e. The van der Waals surface area contributed by atoms with Gasteiger partial charge in [0.25, 0.3) is 0 Å². The zero-order valence-electron chi connectivity index (χ0n) is 12.8. The minimum absolute atomic E-state index is 0.192. The molecule has 1 aromatic carbocycles. The van der Waals surface area contributed by atoms with Gasteiger partial charge in [-0.25, -0.2) is 0 Å². The number of fused-ring (bicyclic) bond motifs is 1. The van der Waals surface area contributed by atoms with Crippen molar-refractivity contribution in [1.29, 1.82) is 0 Å². The summed E-state index contributed by atoms with van der Waals surface area (Å²) < 4.78 is 5.27. The number of aromatic amines is 1. The monoisotopic (exact) mass is 286 g/mol. The molecule has 1 fully saturated rings. The van der Waals surface area contributed by atoms with Crippen LogP contribution in [0.4, 0.5) is 0 Å². The van der Waals surface area contributed by atoms with E-state index in [1.165, 1.54) is 5.56 Å². The molecule has 1 aliphatic rings. The van der Waals surface area contributed by atoms with Crippen LogP contribution in [0.1, 0.15) is 25.8 Å². The summed E-state index contributed by atoms with van der Waals surface area (Å²) in [6, 6.07) is 6.00. The van der Waals surface area contributed by atoms with E-state index >= 15 is 0 Å². The topological polar surface area (TPSA) is 54.1 Å². The molecule has 0 spiro atoms. The molecule has 1 aliphatic carbocycles. The average molecular weight is 286 g/mol. The number of amides is 1. The van der Waals surface area contributed by atoms with Gasteiger partial charge in [-0.1, -0.05) is 13.8 Å². The first-order chi connectivity index (χ1) is 10.0. The second-order valence-electron chi connectivity index (χ2n) is 6.51. The Labute approximate surface area is 124 Å². The summed E-state index contributed by atoms with van der Waals surface area (Å²) in [4.78, 5) is 15.2. The van der Waals surface area contributed by atoms with E-state index in [1.54, 1.807) is 7.11 Å². The van der Waals surface area contributed by atoms with E-state index in [0.29, 0.717) is 6.54 Å². The Bertz CT molecular complexity index is 672. The Morgan fingerprint density at radius 3 is 2.90 bits per heavy atom. The summed E-state index contributed by atoms with van der Waals surface area (Å²) in [5.41, 5.74) is 2.50. The number of ether oxygens (including phenoxy) is 1. The van der Waals surface area contributed by atoms with E-state index in [4.69, 9.17) is 4.74 Å². The van der Waals surface area contributed by atoms with Crippen LogP contribution in [0.15, 0.2) is 24.4 Å². The zero-order chi connectivity index (χ0) is 15.0. The highest BCUT2D eigenvalue weighted by molar-refractivity contribution is 5.85. The van der Waals surface area contributed by atoms with Crippen molar-refractivity contribution in [3.63, 3.8) is 0 Å². The van der Waals surface area contributed by atoms with Gasteiger partial charge in [-0.15, -0.1) is 0 Å². The van der Waals surface area contributed by atoms with Gasteiger partial charge in [0.15, 0.2) is 0 Å². The van der Waals surface area contributed by atoms with Crippen molar-refractivity contribution in [3.05, 3.63) is 30.0 Å². The SMILES string of the molecule is COc1ccc2[nH]cc(CCNC(=O)C3CC3(C)C)c2c1. The third-order valence-corrected chi connectivity index (χ3v) is 4.50. The molecule has 0 saturated heterocycles. The van der Waals surface area contributed by atoms with Crippen LogP contribution in [0, 0.1) is 11.3 Å². The van der Waals surface area contributed by atoms with E-state index in [0.717, 1.165) is 29.5 Å². The lowest BCUT2D eigenvalue weighted by Gasteiger charge is -2.06. The predicted octanol–water partition coefficient (Wildman–Crippen LogP) is 2.88. The summed E-state index contributed by atoms with van der Waals surface area (Å²) in [6.45, 7) is 4.96. The van der Waals surface area contributed by atoms with E-state index < -0.39 is 0 Å². The largest absolute Gasteiger partial charge is 0.497 e. The van der Waals surface area contributed by atoms with Crippen LogP contribution in [-0.4, -0.2) is 24.5 Å². The van der Waals surface area contributed by atoms with Gasteiger partial charge in [-0.2, -0.15) is 0 Å². The second kappa shape index (κ2) is 5.10. The molecule has 2 N–H and O–H groups in total. The van der Waals surface area contributed by atoms with Crippen molar-refractivity contribution in [3.8, 4) is 5.75 Å². The van der Waals surface area contributed by atoms with Gasteiger partial charge in [0.1, 0.15) is 5.75 Å². The Morgan fingerprint density at radius 1 is 1.48 bits per heavy atom. The lowest BCUT2D eigenvalue weighted by Crippen LogP contribution is -2.28. The molecule has 1 aromatic heterocycles. The fraction of sp³-hybridized carbons (Fsp3) is 0.471. The minimum Gasteiger partial charge on any atom is -0.497 e. The van der Waals surface area contributed by atoms with Crippen LogP contribution in [0.3, 0.4) is 0 Å². The number of benzene rings is 1. The fourth-order valence-electron chi connectivity index (χ4n) is 2.85. The van der Waals surface area contributed by atoms with E-state index in [9.17, 15) is 4.79 Å². The van der Waals surface area contributed by atoms with Crippen molar-refractivity contribution < 1.29 is 9.53 Å². The summed E-state index contributed by atoms with van der Waals surface area (Å²) >= 11 is 0. The quantitative estimate of drug-likeness (QED) is 0.888. The number of carbonyl (C=O) groups excluding carboxylic acids is 1. The standard InChI is InChI=1S/C17H22N2O2/c1-17(2)9-14(17)16(20)18-7-6-11-10-19-15-5-4-12(21-3)8-13(11)15/h4-5,8,10,14,19H,6-7,9H2,1-3H3,(H,18,20). The molecule has 1 amide bonds. The first kappa shape index (κ1) is 14.0. The maximum atomic E-state index is 12.0. The first-order valence-electron chi connectivity index (χ1n) is 7.43. The van der Waals surface area contributed by atoms with Crippen LogP contribution >= 0.6 is 0 Å². The lowest BCUT2D eigenvalue weighted by atomic mass is 10.1. The second-order valence-corrected chi connectivity index (χ2v) is 6.51. The Morgan fingerprint density at radius 2 is 2.24 bits per heavy atom. The predicted molar refractivity (Wildman–Crippen MR) is 83.5 cm³/mol. The van der Waals surface area contributed by atoms with Crippen molar-refractivity contribution in [2.75, 3.05) is 13.7 Å². The average Bonchev–Trinajstić information content (AvgIpc) is 2.93. The number of hydrogen-bond acceptors (Lipinski definition) is 2. The molecule has 4 heteroatoms. The lowest BCUT2D eigenvalue weighted by molar-refractivity contribution is -0.122. The van der Waals surface area contributed by atoms with E-state index in [1.807, 2.05) is 24.4 Å². The highest BCUT2D eigenvalue weighted by Gasteiger charge is 2.50. The molecule has 1 unspecified atom stereocenters. The molecule has 0 bridgehead atoms.